The van der Waals surface area contributed by atoms with Gasteiger partial charge in [0.05, 0.1) is 17.9 Å². The monoisotopic (exact) mass is 342 g/mol. The van der Waals surface area contributed by atoms with Gasteiger partial charge >= 0.3 is 0 Å². The van der Waals surface area contributed by atoms with Crippen LogP contribution in [0.15, 0.2) is 18.5 Å². The Hall–Kier alpha value is -2.15. The molecule has 2 N–H and O–H groups in total. The summed E-state index contributed by atoms with van der Waals surface area (Å²) in [5.74, 6) is 1.08. The number of piperidine rings is 1. The zero-order chi connectivity index (χ0) is 17.4. The van der Waals surface area contributed by atoms with Gasteiger partial charge in [-0.15, -0.1) is 0 Å². The topological polar surface area (TPSA) is 78.8 Å². The fraction of sp³-hybridized carbons (Fsp3) is 0.611. The highest BCUT2D eigenvalue weighted by Gasteiger charge is 2.41. The number of rotatable bonds is 5. The number of H-pyrrole nitrogens is 1. The summed E-state index contributed by atoms with van der Waals surface area (Å²) in [4.78, 5) is 22.1. The van der Waals surface area contributed by atoms with E-state index in [0.717, 1.165) is 18.8 Å². The normalized spacial score (nSPS) is 24.4. The fourth-order valence-electron chi connectivity index (χ4n) is 4.07. The van der Waals surface area contributed by atoms with E-state index >= 15 is 0 Å². The molecule has 0 spiro atoms. The molecular formula is C18H26N6O. The van der Waals surface area contributed by atoms with Gasteiger partial charge in [0.15, 0.2) is 0 Å². The number of carbonyl (C=O) groups excluding carboxylic acids is 1. The van der Waals surface area contributed by atoms with E-state index in [-0.39, 0.29) is 5.91 Å². The lowest BCUT2D eigenvalue weighted by atomic mass is 9.86. The maximum atomic E-state index is 12.4. The van der Waals surface area contributed by atoms with Crippen LogP contribution in [-0.4, -0.2) is 49.7 Å². The van der Waals surface area contributed by atoms with Gasteiger partial charge in [-0.3, -0.25) is 14.4 Å². The summed E-state index contributed by atoms with van der Waals surface area (Å²) in [6.07, 6.45) is 8.37. The Morgan fingerprint density at radius 1 is 1.40 bits per heavy atom. The molecule has 4 rings (SSSR count). The van der Waals surface area contributed by atoms with Crippen molar-refractivity contribution < 1.29 is 4.79 Å². The van der Waals surface area contributed by atoms with Gasteiger partial charge in [-0.05, 0) is 51.1 Å². The number of hydrogen-bond donors (Lipinski definition) is 2. The molecule has 7 heteroatoms. The lowest BCUT2D eigenvalue weighted by Gasteiger charge is -2.41. The number of aryl methyl sites for hydroxylation is 2. The van der Waals surface area contributed by atoms with Crippen molar-refractivity contribution in [2.24, 2.45) is 13.0 Å². The van der Waals surface area contributed by atoms with Crippen LogP contribution in [0.25, 0.3) is 0 Å². The van der Waals surface area contributed by atoms with E-state index in [9.17, 15) is 4.79 Å². The van der Waals surface area contributed by atoms with Crippen molar-refractivity contribution in [3.63, 3.8) is 0 Å². The van der Waals surface area contributed by atoms with E-state index in [2.05, 4.69) is 31.3 Å². The highest BCUT2D eigenvalue weighted by Crippen LogP contribution is 2.42. The van der Waals surface area contributed by atoms with Gasteiger partial charge in [-0.2, -0.15) is 5.10 Å². The molecule has 2 aromatic rings. The average molecular weight is 342 g/mol. The largest absolute Gasteiger partial charge is 0.350 e. The van der Waals surface area contributed by atoms with E-state index in [0.29, 0.717) is 30.2 Å². The summed E-state index contributed by atoms with van der Waals surface area (Å²) in [6, 6.07) is 3.16. The smallest absolute Gasteiger partial charge is 0.269 e. The van der Waals surface area contributed by atoms with Crippen LogP contribution in [0.3, 0.4) is 0 Å². The first-order valence-corrected chi connectivity index (χ1v) is 9.17. The minimum absolute atomic E-state index is 0.0760. The molecule has 2 aromatic heterocycles. The molecule has 1 amide bonds. The third kappa shape index (κ3) is 3.33. The molecule has 1 aliphatic heterocycles. The molecule has 2 aliphatic rings. The molecule has 3 heterocycles. The first-order chi connectivity index (χ1) is 12.1. The highest BCUT2D eigenvalue weighted by atomic mass is 16.1. The summed E-state index contributed by atoms with van der Waals surface area (Å²) >= 11 is 0. The maximum Gasteiger partial charge on any atom is 0.269 e. The molecule has 25 heavy (non-hydrogen) atoms. The molecule has 7 nitrogen and oxygen atoms in total. The van der Waals surface area contributed by atoms with Crippen LogP contribution in [0.1, 0.15) is 53.7 Å². The zero-order valence-electron chi connectivity index (χ0n) is 14.9. The average Bonchev–Trinajstić information content (AvgIpc) is 3.23. The minimum Gasteiger partial charge on any atom is -0.350 e. The summed E-state index contributed by atoms with van der Waals surface area (Å²) in [5, 5.41) is 7.48. The fourth-order valence-corrected chi connectivity index (χ4v) is 4.07. The van der Waals surface area contributed by atoms with Crippen LogP contribution >= 0.6 is 0 Å². The third-order valence-electron chi connectivity index (χ3n) is 5.45. The molecule has 2 fully saturated rings. The number of nitrogens with one attached hydrogen (secondary N) is 2. The second-order valence-corrected chi connectivity index (χ2v) is 7.29. The number of carbonyl (C=O) groups is 1. The second kappa shape index (κ2) is 6.63. The number of aromatic amines is 1. The number of likely N-dealkylation sites (tertiary alicyclic amines) is 1. The lowest BCUT2D eigenvalue weighted by molar-refractivity contribution is 0.0726. The Morgan fingerprint density at radius 3 is 2.88 bits per heavy atom. The van der Waals surface area contributed by atoms with Gasteiger partial charge in [0.1, 0.15) is 11.5 Å². The Labute approximate surface area is 147 Å². The standard InChI is InChI=1S/C18H26N6O/c1-12-19-11-15(22-12)18(25)20-10-13-4-3-9-24(14-5-6-14)17(13)16-7-8-21-23(16)2/h7-8,11,13-14,17H,3-6,9-10H2,1-2H3,(H,19,22)(H,20,25)/t13-,17+/m0/s1. The van der Waals surface area contributed by atoms with E-state index in [4.69, 9.17) is 0 Å². The lowest BCUT2D eigenvalue weighted by Crippen LogP contribution is -2.45. The summed E-state index contributed by atoms with van der Waals surface area (Å²) in [6.45, 7) is 3.67. The Bertz CT molecular complexity index is 746. The third-order valence-corrected chi connectivity index (χ3v) is 5.45. The molecule has 0 unspecified atom stereocenters. The number of amides is 1. The Morgan fingerprint density at radius 2 is 2.24 bits per heavy atom. The van der Waals surface area contributed by atoms with Crippen LogP contribution in [0, 0.1) is 12.8 Å². The van der Waals surface area contributed by atoms with Gasteiger partial charge < -0.3 is 10.3 Å². The van der Waals surface area contributed by atoms with Crippen molar-refractivity contribution in [2.75, 3.05) is 13.1 Å². The van der Waals surface area contributed by atoms with E-state index in [1.165, 1.54) is 25.0 Å². The number of imidazole rings is 1. The molecule has 2 atom stereocenters. The van der Waals surface area contributed by atoms with Crippen LogP contribution < -0.4 is 5.32 Å². The van der Waals surface area contributed by atoms with Gasteiger partial charge in [0.2, 0.25) is 0 Å². The van der Waals surface area contributed by atoms with E-state index in [1.54, 1.807) is 6.20 Å². The van der Waals surface area contributed by atoms with Crippen molar-refractivity contribution >= 4 is 5.91 Å². The highest BCUT2D eigenvalue weighted by molar-refractivity contribution is 5.92. The van der Waals surface area contributed by atoms with Gasteiger partial charge in [-0.1, -0.05) is 0 Å². The van der Waals surface area contributed by atoms with Crippen LogP contribution in [0.5, 0.6) is 0 Å². The first-order valence-electron chi connectivity index (χ1n) is 9.17. The minimum atomic E-state index is -0.0760. The molecule has 1 saturated carbocycles. The van der Waals surface area contributed by atoms with Crippen molar-refractivity contribution in [3.8, 4) is 0 Å². The van der Waals surface area contributed by atoms with Crippen molar-refractivity contribution in [1.29, 1.82) is 0 Å². The molecule has 1 aliphatic carbocycles. The molecule has 0 radical (unpaired) electrons. The number of aromatic nitrogens is 4. The molecule has 134 valence electrons. The van der Waals surface area contributed by atoms with Crippen molar-refractivity contribution in [1.82, 2.24) is 30.0 Å². The quantitative estimate of drug-likeness (QED) is 0.868. The molecule has 0 bridgehead atoms. The molecular weight excluding hydrogens is 316 g/mol. The second-order valence-electron chi connectivity index (χ2n) is 7.29. The number of nitrogens with zero attached hydrogens (tertiary/aromatic N) is 4. The van der Waals surface area contributed by atoms with Gasteiger partial charge in [-0.25, -0.2) is 4.98 Å². The summed E-state index contributed by atoms with van der Waals surface area (Å²) in [5.41, 5.74) is 1.78. The van der Waals surface area contributed by atoms with Crippen LogP contribution in [0.4, 0.5) is 0 Å². The number of hydrogen-bond acceptors (Lipinski definition) is 4. The maximum absolute atomic E-state index is 12.4. The zero-order valence-corrected chi connectivity index (χ0v) is 14.9. The summed E-state index contributed by atoms with van der Waals surface area (Å²) < 4.78 is 1.98. The first kappa shape index (κ1) is 16.3. The summed E-state index contributed by atoms with van der Waals surface area (Å²) in [7, 11) is 2.01. The van der Waals surface area contributed by atoms with Crippen molar-refractivity contribution in [3.05, 3.63) is 35.7 Å². The van der Waals surface area contributed by atoms with Gasteiger partial charge in [0, 0.05) is 25.8 Å². The molecule has 1 saturated heterocycles. The van der Waals surface area contributed by atoms with E-state index < -0.39 is 0 Å². The Kier molecular flexibility index (Phi) is 4.33. The Balaban J connectivity index is 1.50. The van der Waals surface area contributed by atoms with Crippen LogP contribution in [-0.2, 0) is 7.05 Å². The van der Waals surface area contributed by atoms with Crippen LogP contribution in [0.2, 0.25) is 0 Å². The molecule has 0 aromatic carbocycles. The predicted molar refractivity (Wildman–Crippen MR) is 94.1 cm³/mol. The SMILES string of the molecule is Cc1ncc(C(=O)NC[C@@H]2CCCN(C3CC3)[C@H]2c2ccnn2C)[nH]1. The van der Waals surface area contributed by atoms with Gasteiger partial charge in [0.25, 0.3) is 5.91 Å². The predicted octanol–water partition coefficient (Wildman–Crippen LogP) is 1.80. The van der Waals surface area contributed by atoms with E-state index in [1.807, 2.05) is 24.9 Å². The van der Waals surface area contributed by atoms with Crippen molar-refractivity contribution in [2.45, 2.75) is 44.7 Å².